The van der Waals surface area contributed by atoms with Crippen LogP contribution < -0.4 is 5.43 Å². The molecule has 1 amide bonds. The molecule has 3 rings (SSSR count). The van der Waals surface area contributed by atoms with Crippen LogP contribution in [0.3, 0.4) is 0 Å². The summed E-state index contributed by atoms with van der Waals surface area (Å²) in [5.74, 6) is 0.507. The van der Waals surface area contributed by atoms with Crippen LogP contribution in [0.2, 0.25) is 10.0 Å². The number of nitrogens with zero attached hydrogens (tertiary/aromatic N) is 1. The number of benzene rings is 1. The molecule has 0 saturated heterocycles. The summed E-state index contributed by atoms with van der Waals surface area (Å²) in [6.45, 7) is 4.04. The lowest BCUT2D eigenvalue weighted by Gasteiger charge is -2.16. The molecule has 0 bridgehead atoms. The zero-order valence-corrected chi connectivity index (χ0v) is 15.9. The van der Waals surface area contributed by atoms with Crippen molar-refractivity contribution < 1.29 is 4.79 Å². The number of thiophene rings is 1. The summed E-state index contributed by atoms with van der Waals surface area (Å²) in [5.41, 5.74) is 5.26. The van der Waals surface area contributed by atoms with Crippen molar-refractivity contribution in [2.45, 2.75) is 33.1 Å². The molecule has 1 heterocycles. The molecule has 1 aliphatic carbocycles. The maximum atomic E-state index is 12.4. The molecule has 2 aromatic rings. The van der Waals surface area contributed by atoms with E-state index < -0.39 is 0 Å². The summed E-state index contributed by atoms with van der Waals surface area (Å²) in [6.07, 6.45) is 3.31. The summed E-state index contributed by atoms with van der Waals surface area (Å²) in [7, 11) is 0. The smallest absolute Gasteiger partial charge is 0.266 e. The largest absolute Gasteiger partial charge is 0.281 e. The average Bonchev–Trinajstić information content (AvgIpc) is 2.97. The predicted octanol–water partition coefficient (Wildman–Crippen LogP) is 5.33. The number of hydrogen-bond acceptors (Lipinski definition) is 3. The molecule has 126 valence electrons. The third kappa shape index (κ3) is 3.82. The van der Waals surface area contributed by atoms with Gasteiger partial charge in [0.05, 0.1) is 10.6 Å². The van der Waals surface area contributed by atoms with Gasteiger partial charge in [-0.15, -0.1) is 11.3 Å². The Morgan fingerprint density at radius 3 is 2.92 bits per heavy atom. The molecule has 1 N–H and O–H groups in total. The Balaban J connectivity index is 1.74. The summed E-state index contributed by atoms with van der Waals surface area (Å²) < 4.78 is 0. The van der Waals surface area contributed by atoms with Gasteiger partial charge in [0.15, 0.2) is 0 Å². The number of nitrogens with one attached hydrogen (secondary N) is 1. The molecule has 1 aromatic carbocycles. The minimum atomic E-state index is -0.181. The second-order valence-electron chi connectivity index (χ2n) is 6.17. The molecule has 24 heavy (non-hydrogen) atoms. The zero-order chi connectivity index (χ0) is 17.3. The molecule has 1 aromatic heterocycles. The molecule has 0 aliphatic heterocycles. The first-order chi connectivity index (χ1) is 11.4. The van der Waals surface area contributed by atoms with E-state index >= 15 is 0 Å². The Morgan fingerprint density at radius 1 is 1.33 bits per heavy atom. The maximum Gasteiger partial charge on any atom is 0.281 e. The van der Waals surface area contributed by atoms with E-state index in [4.69, 9.17) is 23.2 Å². The fourth-order valence-corrected chi connectivity index (χ4v) is 4.37. The standard InChI is InChI=1S/C18H18Cl2N2OS/c1-10-3-6-16-12(7-10)8-17(24-16)18(23)22-21-11(2)14-9-13(19)4-5-15(14)20/h4-5,8-10H,3,6-7H2,1-2H3,(H,22,23)/b21-11-/t10-/m0/s1. The van der Waals surface area contributed by atoms with Gasteiger partial charge in [-0.2, -0.15) is 5.10 Å². The van der Waals surface area contributed by atoms with Crippen LogP contribution in [-0.4, -0.2) is 11.6 Å². The van der Waals surface area contributed by atoms with E-state index in [2.05, 4.69) is 17.5 Å². The highest BCUT2D eigenvalue weighted by molar-refractivity contribution is 7.14. The van der Waals surface area contributed by atoms with Crippen molar-refractivity contribution in [3.63, 3.8) is 0 Å². The van der Waals surface area contributed by atoms with E-state index in [1.165, 1.54) is 16.9 Å². The van der Waals surface area contributed by atoms with Crippen molar-refractivity contribution in [2.75, 3.05) is 0 Å². The van der Waals surface area contributed by atoms with Crippen LogP contribution in [0.5, 0.6) is 0 Å². The van der Waals surface area contributed by atoms with Gasteiger partial charge in [-0.1, -0.05) is 30.1 Å². The van der Waals surface area contributed by atoms with Gasteiger partial charge in [-0.05, 0) is 61.9 Å². The SMILES string of the molecule is C/C(=N/NC(=O)c1cc2c(s1)CC[C@H](C)C2)c1cc(Cl)ccc1Cl. The molecular formula is C18H18Cl2N2OS. The van der Waals surface area contributed by atoms with Gasteiger partial charge in [0.1, 0.15) is 0 Å². The normalized spacial score (nSPS) is 17.5. The fraction of sp³-hybridized carbons (Fsp3) is 0.333. The van der Waals surface area contributed by atoms with Crippen LogP contribution in [0.1, 0.15) is 45.9 Å². The highest BCUT2D eigenvalue weighted by atomic mass is 35.5. The van der Waals surface area contributed by atoms with Crippen LogP contribution in [0.25, 0.3) is 0 Å². The van der Waals surface area contributed by atoms with Crippen molar-refractivity contribution in [3.8, 4) is 0 Å². The molecule has 0 fully saturated rings. The highest BCUT2D eigenvalue weighted by Gasteiger charge is 2.20. The Labute approximate surface area is 155 Å². The molecule has 1 atom stereocenters. The number of carbonyl (C=O) groups is 1. The molecule has 0 radical (unpaired) electrons. The number of aryl methyl sites for hydroxylation is 1. The minimum absolute atomic E-state index is 0.181. The number of amides is 1. The molecule has 0 spiro atoms. The van der Waals surface area contributed by atoms with E-state index in [9.17, 15) is 4.79 Å². The minimum Gasteiger partial charge on any atom is -0.266 e. The number of carbonyl (C=O) groups excluding carboxylic acids is 1. The molecule has 6 heteroatoms. The monoisotopic (exact) mass is 380 g/mol. The van der Waals surface area contributed by atoms with Crippen LogP contribution in [0.4, 0.5) is 0 Å². The van der Waals surface area contributed by atoms with Gasteiger partial charge in [-0.3, -0.25) is 4.79 Å². The second kappa shape index (κ2) is 7.26. The predicted molar refractivity (Wildman–Crippen MR) is 102 cm³/mol. The van der Waals surface area contributed by atoms with Crippen molar-refractivity contribution in [3.05, 3.63) is 55.2 Å². The van der Waals surface area contributed by atoms with E-state index in [-0.39, 0.29) is 5.91 Å². The van der Waals surface area contributed by atoms with E-state index in [1.54, 1.807) is 36.5 Å². The van der Waals surface area contributed by atoms with E-state index in [0.717, 1.165) is 12.8 Å². The summed E-state index contributed by atoms with van der Waals surface area (Å²) >= 11 is 13.7. The lowest BCUT2D eigenvalue weighted by atomic mass is 9.90. The molecule has 1 aliphatic rings. The van der Waals surface area contributed by atoms with Crippen molar-refractivity contribution >= 4 is 46.2 Å². The van der Waals surface area contributed by atoms with Crippen molar-refractivity contribution in [1.29, 1.82) is 0 Å². The highest BCUT2D eigenvalue weighted by Crippen LogP contribution is 2.32. The van der Waals surface area contributed by atoms with Gasteiger partial charge in [0, 0.05) is 20.5 Å². The molecule has 0 saturated carbocycles. The van der Waals surface area contributed by atoms with Gasteiger partial charge < -0.3 is 0 Å². The Bertz CT molecular complexity index is 813. The fourth-order valence-electron chi connectivity index (χ4n) is 2.84. The topological polar surface area (TPSA) is 41.5 Å². The number of hydrogen-bond donors (Lipinski definition) is 1. The van der Waals surface area contributed by atoms with Gasteiger partial charge in [0.2, 0.25) is 0 Å². The number of fused-ring (bicyclic) bond motifs is 1. The van der Waals surface area contributed by atoms with Crippen LogP contribution >= 0.6 is 34.5 Å². The lowest BCUT2D eigenvalue weighted by molar-refractivity contribution is 0.0959. The third-order valence-corrected chi connectivity index (χ3v) is 6.00. The lowest BCUT2D eigenvalue weighted by Crippen LogP contribution is -2.18. The summed E-state index contributed by atoms with van der Waals surface area (Å²) in [4.78, 5) is 14.4. The average molecular weight is 381 g/mol. The Kier molecular flexibility index (Phi) is 5.28. The number of halogens is 2. The molecule has 3 nitrogen and oxygen atoms in total. The third-order valence-electron chi connectivity index (χ3n) is 4.20. The van der Waals surface area contributed by atoms with Crippen LogP contribution in [-0.2, 0) is 12.8 Å². The van der Waals surface area contributed by atoms with Crippen LogP contribution in [0.15, 0.2) is 29.4 Å². The quantitative estimate of drug-likeness (QED) is 0.566. The number of rotatable bonds is 3. The summed E-state index contributed by atoms with van der Waals surface area (Å²) in [6, 6.07) is 7.17. The Morgan fingerprint density at radius 2 is 2.12 bits per heavy atom. The van der Waals surface area contributed by atoms with Crippen LogP contribution in [0, 0.1) is 5.92 Å². The van der Waals surface area contributed by atoms with E-state index in [0.29, 0.717) is 32.1 Å². The maximum absolute atomic E-state index is 12.4. The first-order valence-corrected chi connectivity index (χ1v) is 9.43. The van der Waals surface area contributed by atoms with Crippen molar-refractivity contribution in [1.82, 2.24) is 5.43 Å². The van der Waals surface area contributed by atoms with Gasteiger partial charge >= 0.3 is 0 Å². The van der Waals surface area contributed by atoms with Gasteiger partial charge in [0.25, 0.3) is 5.91 Å². The number of hydrazone groups is 1. The van der Waals surface area contributed by atoms with Gasteiger partial charge in [-0.25, -0.2) is 5.43 Å². The second-order valence-corrected chi connectivity index (χ2v) is 8.15. The molecular weight excluding hydrogens is 363 g/mol. The molecule has 0 unspecified atom stereocenters. The Hall–Kier alpha value is -1.36. The van der Waals surface area contributed by atoms with Crippen molar-refractivity contribution in [2.24, 2.45) is 11.0 Å². The first-order valence-electron chi connectivity index (χ1n) is 7.85. The summed E-state index contributed by atoms with van der Waals surface area (Å²) in [5, 5.41) is 5.30. The first kappa shape index (κ1) is 17.5. The zero-order valence-electron chi connectivity index (χ0n) is 13.5. The van der Waals surface area contributed by atoms with E-state index in [1.807, 2.05) is 6.07 Å².